The van der Waals surface area contributed by atoms with Crippen molar-refractivity contribution >= 4 is 46.4 Å². The van der Waals surface area contributed by atoms with Crippen molar-refractivity contribution in [1.82, 2.24) is 5.43 Å². The standard InChI is InChI=1S/C20H14Cl2F7N3O2/c1-10(31-32-16(33)8-11-5-6-14(21)15(22)7-11)12-3-2-4-13(9-12)30-17(34)18(23,24)19(25,26)20(27,28)29/h2-7,9H,8H2,1H3,(H,30,34)(H,32,33)/b31-10+. The molecule has 5 nitrogen and oxygen atoms in total. The Kier molecular flexibility index (Phi) is 8.20. The van der Waals surface area contributed by atoms with Crippen LogP contribution in [0.5, 0.6) is 0 Å². The number of carbonyl (C=O) groups excluding carboxylic acids is 2. The Hall–Kier alpha value is -2.86. The van der Waals surface area contributed by atoms with Crippen LogP contribution in [0.1, 0.15) is 18.1 Å². The van der Waals surface area contributed by atoms with Crippen LogP contribution in [0.15, 0.2) is 47.6 Å². The Bertz CT molecular complexity index is 1120. The lowest BCUT2D eigenvalue weighted by atomic mass is 10.1. The summed E-state index contributed by atoms with van der Waals surface area (Å²) in [5.74, 6) is -16.1. The van der Waals surface area contributed by atoms with Crippen LogP contribution < -0.4 is 10.7 Å². The zero-order chi connectivity index (χ0) is 25.9. The quantitative estimate of drug-likeness (QED) is 0.267. The number of alkyl halides is 7. The van der Waals surface area contributed by atoms with E-state index < -0.39 is 35.5 Å². The first-order valence-corrected chi connectivity index (χ1v) is 9.83. The van der Waals surface area contributed by atoms with Crippen LogP contribution in [0.2, 0.25) is 10.0 Å². The number of hydrogen-bond donors (Lipinski definition) is 2. The van der Waals surface area contributed by atoms with Gasteiger partial charge < -0.3 is 5.32 Å². The highest BCUT2D eigenvalue weighted by molar-refractivity contribution is 6.42. The highest BCUT2D eigenvalue weighted by Crippen LogP contribution is 2.46. The maximum absolute atomic E-state index is 13.5. The van der Waals surface area contributed by atoms with Crippen LogP contribution in [-0.2, 0) is 16.0 Å². The lowest BCUT2D eigenvalue weighted by Gasteiger charge is -2.27. The van der Waals surface area contributed by atoms with Crippen molar-refractivity contribution in [3.05, 3.63) is 63.6 Å². The molecule has 14 heteroatoms. The van der Waals surface area contributed by atoms with Crippen molar-refractivity contribution in [2.45, 2.75) is 31.4 Å². The molecule has 0 fully saturated rings. The fourth-order valence-corrected chi connectivity index (χ4v) is 2.76. The number of benzene rings is 2. The first-order chi connectivity index (χ1) is 15.6. The van der Waals surface area contributed by atoms with E-state index in [9.17, 15) is 40.3 Å². The summed E-state index contributed by atoms with van der Waals surface area (Å²) >= 11 is 11.7. The van der Waals surface area contributed by atoms with Crippen LogP contribution in [0.3, 0.4) is 0 Å². The molecule has 0 atom stereocenters. The molecule has 0 aliphatic heterocycles. The zero-order valence-electron chi connectivity index (χ0n) is 16.9. The number of hydrazone groups is 1. The summed E-state index contributed by atoms with van der Waals surface area (Å²) in [5, 5.41) is 5.67. The Morgan fingerprint density at radius 2 is 1.59 bits per heavy atom. The second kappa shape index (κ2) is 10.2. The smallest absolute Gasteiger partial charge is 0.321 e. The summed E-state index contributed by atoms with van der Waals surface area (Å²) in [4.78, 5) is 23.5. The highest BCUT2D eigenvalue weighted by Gasteiger charge is 2.76. The van der Waals surface area contributed by atoms with Crippen molar-refractivity contribution in [2.24, 2.45) is 5.10 Å². The third-order valence-corrected chi connectivity index (χ3v) is 5.01. The van der Waals surface area contributed by atoms with Crippen LogP contribution >= 0.6 is 23.2 Å². The van der Waals surface area contributed by atoms with Crippen molar-refractivity contribution in [1.29, 1.82) is 0 Å². The summed E-state index contributed by atoms with van der Waals surface area (Å²) in [5.41, 5.74) is 2.49. The molecule has 0 aromatic heterocycles. The molecule has 2 N–H and O–H groups in total. The monoisotopic (exact) mass is 531 g/mol. The number of anilines is 1. The number of nitrogens with one attached hydrogen (secondary N) is 2. The van der Waals surface area contributed by atoms with Gasteiger partial charge in [-0.25, -0.2) is 5.43 Å². The molecular weight excluding hydrogens is 518 g/mol. The van der Waals surface area contributed by atoms with E-state index in [0.717, 1.165) is 12.1 Å². The largest absolute Gasteiger partial charge is 0.460 e. The molecule has 2 rings (SSSR count). The van der Waals surface area contributed by atoms with Crippen molar-refractivity contribution in [2.75, 3.05) is 5.32 Å². The topological polar surface area (TPSA) is 70.6 Å². The zero-order valence-corrected chi connectivity index (χ0v) is 18.4. The molecule has 0 aliphatic carbocycles. The van der Waals surface area contributed by atoms with E-state index in [4.69, 9.17) is 23.2 Å². The Labute approximate surface area is 197 Å². The first kappa shape index (κ1) is 27.4. The normalized spacial score (nSPS) is 12.9. The van der Waals surface area contributed by atoms with Crippen LogP contribution in [0.4, 0.5) is 36.4 Å². The van der Waals surface area contributed by atoms with Gasteiger partial charge in [-0.2, -0.15) is 35.8 Å². The van der Waals surface area contributed by atoms with Gasteiger partial charge >= 0.3 is 23.9 Å². The molecule has 2 amide bonds. The van der Waals surface area contributed by atoms with E-state index in [0.29, 0.717) is 10.6 Å². The molecule has 0 spiro atoms. The molecule has 0 bridgehead atoms. The molecule has 0 saturated carbocycles. The van der Waals surface area contributed by atoms with Gasteiger partial charge in [-0.15, -0.1) is 0 Å². The van der Waals surface area contributed by atoms with Gasteiger partial charge in [0.2, 0.25) is 5.91 Å². The average Bonchev–Trinajstić information content (AvgIpc) is 2.73. The molecule has 0 saturated heterocycles. The minimum atomic E-state index is -6.64. The molecule has 2 aromatic carbocycles. The van der Waals surface area contributed by atoms with Crippen LogP contribution in [0.25, 0.3) is 0 Å². The predicted molar refractivity (Wildman–Crippen MR) is 112 cm³/mol. The fourth-order valence-electron chi connectivity index (χ4n) is 2.44. The van der Waals surface area contributed by atoms with E-state index in [2.05, 4.69) is 10.5 Å². The number of hydrogen-bond acceptors (Lipinski definition) is 3. The summed E-state index contributed by atoms with van der Waals surface area (Å²) in [6.45, 7) is 1.38. The predicted octanol–water partition coefficient (Wildman–Crippen LogP) is 5.85. The summed E-state index contributed by atoms with van der Waals surface area (Å²) in [6, 6.07) is 9.07. The number of halogens is 9. The third-order valence-electron chi connectivity index (χ3n) is 4.27. The minimum absolute atomic E-state index is 0.103. The van der Waals surface area contributed by atoms with E-state index in [1.54, 1.807) is 6.07 Å². The lowest BCUT2D eigenvalue weighted by Crippen LogP contribution is -2.57. The van der Waals surface area contributed by atoms with Crippen molar-refractivity contribution < 1.29 is 40.3 Å². The molecule has 0 aliphatic rings. The molecule has 184 valence electrons. The van der Waals surface area contributed by atoms with Gasteiger partial charge in [0.15, 0.2) is 0 Å². The molecule has 0 radical (unpaired) electrons. The number of amides is 2. The highest BCUT2D eigenvalue weighted by atomic mass is 35.5. The number of rotatable bonds is 7. The van der Waals surface area contributed by atoms with Crippen molar-refractivity contribution in [3.63, 3.8) is 0 Å². The summed E-state index contributed by atoms with van der Waals surface area (Å²) in [7, 11) is 0. The van der Waals surface area contributed by atoms with Crippen LogP contribution in [0, 0.1) is 0 Å². The lowest BCUT2D eigenvalue weighted by molar-refractivity contribution is -0.343. The SMILES string of the molecule is C/C(=N\NC(=O)Cc1ccc(Cl)c(Cl)c1)c1cccc(NC(=O)C(F)(F)C(F)(F)C(F)(F)F)c1. The van der Waals surface area contributed by atoms with Crippen molar-refractivity contribution in [3.8, 4) is 0 Å². The molecule has 0 unspecified atom stereocenters. The Balaban J connectivity index is 2.10. The first-order valence-electron chi connectivity index (χ1n) is 9.07. The second-order valence-electron chi connectivity index (χ2n) is 6.84. The Morgan fingerprint density at radius 1 is 0.941 bits per heavy atom. The van der Waals surface area contributed by atoms with Crippen LogP contribution in [-0.4, -0.2) is 35.5 Å². The molecular formula is C20H14Cl2F7N3O2. The maximum atomic E-state index is 13.5. The maximum Gasteiger partial charge on any atom is 0.460 e. The average molecular weight is 532 g/mol. The molecule has 2 aromatic rings. The van der Waals surface area contributed by atoms with E-state index >= 15 is 0 Å². The fraction of sp³-hybridized carbons (Fsp3) is 0.250. The van der Waals surface area contributed by atoms with Gasteiger partial charge in [0, 0.05) is 5.69 Å². The molecule has 0 heterocycles. The van der Waals surface area contributed by atoms with Gasteiger partial charge in [-0.3, -0.25) is 9.59 Å². The Morgan fingerprint density at radius 3 is 2.18 bits per heavy atom. The van der Waals surface area contributed by atoms with E-state index in [1.165, 1.54) is 36.5 Å². The minimum Gasteiger partial charge on any atom is -0.321 e. The summed E-state index contributed by atoms with van der Waals surface area (Å²) < 4.78 is 89.8. The second-order valence-corrected chi connectivity index (χ2v) is 7.65. The number of carbonyl (C=O) groups is 2. The van der Waals surface area contributed by atoms with Gasteiger partial charge in [0.05, 0.1) is 22.2 Å². The van der Waals surface area contributed by atoms with Gasteiger partial charge in [0.1, 0.15) is 0 Å². The van der Waals surface area contributed by atoms with Gasteiger partial charge in [0.25, 0.3) is 0 Å². The van der Waals surface area contributed by atoms with Gasteiger partial charge in [-0.1, -0.05) is 41.4 Å². The third kappa shape index (κ3) is 6.17. The van der Waals surface area contributed by atoms with E-state index in [1.807, 2.05) is 0 Å². The van der Waals surface area contributed by atoms with E-state index in [-0.39, 0.29) is 22.7 Å². The van der Waals surface area contributed by atoms with Gasteiger partial charge in [-0.05, 0) is 42.3 Å². The number of nitrogens with zero attached hydrogens (tertiary/aromatic N) is 1. The molecule has 34 heavy (non-hydrogen) atoms. The summed E-state index contributed by atoms with van der Waals surface area (Å²) in [6.07, 6.45) is -6.76.